The van der Waals surface area contributed by atoms with Crippen molar-refractivity contribution in [3.8, 4) is 0 Å². The number of benzene rings is 1. The summed E-state index contributed by atoms with van der Waals surface area (Å²) in [6, 6.07) is 7.80. The number of likely N-dealkylation sites (N-methyl/N-ethyl adjacent to an activating group) is 1. The maximum Gasteiger partial charge on any atom is 0.249 e. The van der Waals surface area contributed by atoms with Crippen molar-refractivity contribution in [1.29, 1.82) is 0 Å². The van der Waals surface area contributed by atoms with Crippen LogP contribution in [0.5, 0.6) is 0 Å². The zero-order valence-corrected chi connectivity index (χ0v) is 9.68. The predicted molar refractivity (Wildman–Crippen MR) is 65.7 cm³/mol. The molecular weight excluding hydrogens is 202 g/mol. The number of anilines is 2. The van der Waals surface area contributed by atoms with Crippen molar-refractivity contribution in [3.63, 3.8) is 0 Å². The van der Waals surface area contributed by atoms with Crippen molar-refractivity contribution in [3.05, 3.63) is 24.3 Å². The summed E-state index contributed by atoms with van der Waals surface area (Å²) in [6.45, 7) is 2.98. The second-order valence-electron chi connectivity index (χ2n) is 4.05. The number of hydrogen-bond acceptors (Lipinski definition) is 3. The van der Waals surface area contributed by atoms with E-state index >= 15 is 0 Å². The highest BCUT2D eigenvalue weighted by molar-refractivity contribution is 6.05. The van der Waals surface area contributed by atoms with Gasteiger partial charge >= 0.3 is 0 Å². The lowest BCUT2D eigenvalue weighted by Crippen LogP contribution is -2.51. The van der Waals surface area contributed by atoms with E-state index in [4.69, 9.17) is 5.73 Å². The minimum atomic E-state index is -0.124. The number of nitrogens with zero attached hydrogens (tertiary/aromatic N) is 2. The third-order valence-corrected chi connectivity index (χ3v) is 3.11. The van der Waals surface area contributed by atoms with Gasteiger partial charge in [-0.1, -0.05) is 12.1 Å². The Morgan fingerprint density at radius 2 is 1.94 bits per heavy atom. The molecule has 1 aromatic carbocycles. The largest absolute Gasteiger partial charge is 0.361 e. The molecule has 0 aromatic heterocycles. The Morgan fingerprint density at radius 1 is 1.31 bits per heavy atom. The zero-order chi connectivity index (χ0) is 11.7. The summed E-state index contributed by atoms with van der Waals surface area (Å²) in [5.74, 6) is 0.117. The number of hydrogen-bond donors (Lipinski definition) is 1. The minimum Gasteiger partial charge on any atom is -0.361 e. The molecule has 0 spiro atoms. The van der Waals surface area contributed by atoms with Crippen LogP contribution in [0.25, 0.3) is 0 Å². The van der Waals surface area contributed by atoms with E-state index in [1.807, 2.05) is 43.1 Å². The zero-order valence-electron chi connectivity index (χ0n) is 9.68. The number of carbonyl (C=O) groups excluding carboxylic acids is 1. The van der Waals surface area contributed by atoms with E-state index in [0.717, 1.165) is 11.4 Å². The van der Waals surface area contributed by atoms with Crippen molar-refractivity contribution in [1.82, 2.24) is 0 Å². The molecule has 0 saturated carbocycles. The Labute approximate surface area is 95.6 Å². The Morgan fingerprint density at radius 3 is 2.56 bits per heavy atom. The van der Waals surface area contributed by atoms with Gasteiger partial charge in [-0.15, -0.1) is 0 Å². The molecule has 0 radical (unpaired) electrons. The van der Waals surface area contributed by atoms with Crippen LogP contribution in [0, 0.1) is 0 Å². The summed E-state index contributed by atoms with van der Waals surface area (Å²) in [6.07, 6.45) is 0. The third-order valence-electron chi connectivity index (χ3n) is 3.11. The summed E-state index contributed by atoms with van der Waals surface area (Å²) in [7, 11) is 1.95. The lowest BCUT2D eigenvalue weighted by Gasteiger charge is -2.39. The number of rotatable bonds is 2. The van der Waals surface area contributed by atoms with Crippen molar-refractivity contribution < 1.29 is 4.79 Å². The SMILES string of the molecule is CC1C(=O)N(CCN)c2ccccc2N1C. The van der Waals surface area contributed by atoms with Crippen LogP contribution >= 0.6 is 0 Å². The highest BCUT2D eigenvalue weighted by atomic mass is 16.2. The fourth-order valence-corrected chi connectivity index (χ4v) is 2.07. The van der Waals surface area contributed by atoms with Crippen LogP contribution in [0.4, 0.5) is 11.4 Å². The van der Waals surface area contributed by atoms with Crippen LogP contribution in [-0.4, -0.2) is 32.1 Å². The topological polar surface area (TPSA) is 49.6 Å². The molecule has 4 nitrogen and oxygen atoms in total. The molecule has 1 amide bonds. The first-order chi connectivity index (χ1) is 7.66. The molecule has 86 valence electrons. The van der Waals surface area contributed by atoms with Gasteiger partial charge in [-0.2, -0.15) is 0 Å². The Kier molecular flexibility index (Phi) is 2.83. The quantitative estimate of drug-likeness (QED) is 0.801. The Hall–Kier alpha value is -1.55. The van der Waals surface area contributed by atoms with Gasteiger partial charge in [0, 0.05) is 20.1 Å². The summed E-state index contributed by atoms with van der Waals surface area (Å²) < 4.78 is 0. The molecule has 1 heterocycles. The molecule has 1 aromatic rings. The van der Waals surface area contributed by atoms with E-state index in [1.54, 1.807) is 4.90 Å². The summed E-state index contributed by atoms with van der Waals surface area (Å²) in [4.78, 5) is 15.9. The van der Waals surface area contributed by atoms with E-state index in [9.17, 15) is 4.79 Å². The van der Waals surface area contributed by atoms with E-state index < -0.39 is 0 Å². The molecule has 16 heavy (non-hydrogen) atoms. The fourth-order valence-electron chi connectivity index (χ4n) is 2.07. The van der Waals surface area contributed by atoms with Gasteiger partial charge in [-0.3, -0.25) is 4.79 Å². The van der Waals surface area contributed by atoms with E-state index in [0.29, 0.717) is 13.1 Å². The van der Waals surface area contributed by atoms with E-state index in [1.165, 1.54) is 0 Å². The average molecular weight is 219 g/mol. The van der Waals surface area contributed by atoms with Gasteiger partial charge in [0.2, 0.25) is 5.91 Å². The number of amides is 1. The normalized spacial score (nSPS) is 19.9. The monoisotopic (exact) mass is 219 g/mol. The molecule has 0 fully saturated rings. The van der Waals surface area contributed by atoms with Crippen LogP contribution in [0.1, 0.15) is 6.92 Å². The number of fused-ring (bicyclic) bond motifs is 1. The van der Waals surface area contributed by atoms with Crippen molar-refractivity contribution >= 4 is 17.3 Å². The molecule has 1 aliphatic rings. The molecular formula is C12H17N3O. The second-order valence-corrected chi connectivity index (χ2v) is 4.05. The fraction of sp³-hybridized carbons (Fsp3) is 0.417. The van der Waals surface area contributed by atoms with Gasteiger partial charge in [-0.05, 0) is 19.1 Å². The van der Waals surface area contributed by atoms with Crippen LogP contribution in [0.3, 0.4) is 0 Å². The molecule has 1 aliphatic heterocycles. The maximum atomic E-state index is 12.1. The first kappa shape index (κ1) is 11.0. The highest BCUT2D eigenvalue weighted by Crippen LogP contribution is 2.34. The summed E-state index contributed by atoms with van der Waals surface area (Å²) >= 11 is 0. The van der Waals surface area contributed by atoms with E-state index in [-0.39, 0.29) is 11.9 Å². The van der Waals surface area contributed by atoms with Crippen molar-refractivity contribution in [2.75, 3.05) is 29.9 Å². The number of para-hydroxylation sites is 2. The molecule has 0 bridgehead atoms. The number of nitrogens with two attached hydrogens (primary N) is 1. The van der Waals surface area contributed by atoms with Crippen LogP contribution in [0.2, 0.25) is 0 Å². The first-order valence-electron chi connectivity index (χ1n) is 5.50. The standard InChI is InChI=1S/C12H17N3O/c1-9-12(16)15(8-7-13)11-6-4-3-5-10(11)14(9)2/h3-6,9H,7-8,13H2,1-2H3. The highest BCUT2D eigenvalue weighted by Gasteiger charge is 2.32. The average Bonchev–Trinajstić information content (AvgIpc) is 2.32. The molecule has 4 heteroatoms. The molecule has 2 N–H and O–H groups in total. The lowest BCUT2D eigenvalue weighted by molar-refractivity contribution is -0.119. The van der Waals surface area contributed by atoms with Crippen LogP contribution in [0.15, 0.2) is 24.3 Å². The van der Waals surface area contributed by atoms with Gasteiger partial charge in [0.05, 0.1) is 11.4 Å². The van der Waals surface area contributed by atoms with Gasteiger partial charge in [-0.25, -0.2) is 0 Å². The smallest absolute Gasteiger partial charge is 0.249 e. The maximum absolute atomic E-state index is 12.1. The summed E-state index contributed by atoms with van der Waals surface area (Å²) in [5, 5.41) is 0. The Bertz CT molecular complexity index is 405. The molecule has 0 aliphatic carbocycles. The summed E-state index contributed by atoms with van der Waals surface area (Å²) in [5.41, 5.74) is 7.59. The van der Waals surface area contributed by atoms with Gasteiger partial charge in [0.15, 0.2) is 0 Å². The van der Waals surface area contributed by atoms with Crippen molar-refractivity contribution in [2.24, 2.45) is 5.73 Å². The molecule has 0 saturated heterocycles. The minimum absolute atomic E-state index is 0.117. The number of carbonyl (C=O) groups is 1. The van der Waals surface area contributed by atoms with Crippen LogP contribution in [-0.2, 0) is 4.79 Å². The van der Waals surface area contributed by atoms with Gasteiger partial charge in [0.25, 0.3) is 0 Å². The van der Waals surface area contributed by atoms with Crippen LogP contribution < -0.4 is 15.5 Å². The first-order valence-corrected chi connectivity index (χ1v) is 5.50. The third kappa shape index (κ3) is 1.55. The van der Waals surface area contributed by atoms with E-state index in [2.05, 4.69) is 0 Å². The Balaban J connectivity index is 2.48. The predicted octanol–water partition coefficient (Wildman–Crippen LogP) is 0.817. The van der Waals surface area contributed by atoms with Crippen molar-refractivity contribution in [2.45, 2.75) is 13.0 Å². The lowest BCUT2D eigenvalue weighted by atomic mass is 10.1. The van der Waals surface area contributed by atoms with Gasteiger partial charge in [0.1, 0.15) is 6.04 Å². The molecule has 1 atom stereocenters. The molecule has 1 unspecified atom stereocenters. The second kappa shape index (κ2) is 4.14. The molecule has 2 rings (SSSR count). The van der Waals surface area contributed by atoms with Gasteiger partial charge < -0.3 is 15.5 Å².